The fraction of sp³-hybridized carbons (Fsp3) is 0.417. The standard InChI is InChI=1S/C12H17NO4S/c1-4-13(11-8-6-5-7-9(11)2)18(16,17)10(3)12(14)15/h5-8,10H,4H2,1-3H3,(H,14,15). The largest absolute Gasteiger partial charge is 0.480 e. The molecule has 1 aromatic rings. The molecule has 1 unspecified atom stereocenters. The highest BCUT2D eigenvalue weighted by atomic mass is 32.2. The molecule has 1 rings (SSSR count). The molecule has 0 heterocycles. The lowest BCUT2D eigenvalue weighted by Crippen LogP contribution is -2.41. The van der Waals surface area contributed by atoms with Crippen molar-refractivity contribution in [1.82, 2.24) is 0 Å². The van der Waals surface area contributed by atoms with Crippen molar-refractivity contribution in [2.24, 2.45) is 0 Å². The Morgan fingerprint density at radius 3 is 2.39 bits per heavy atom. The number of carboxylic acid groups (broad SMARTS) is 1. The van der Waals surface area contributed by atoms with E-state index < -0.39 is 21.2 Å². The molecule has 0 saturated carbocycles. The van der Waals surface area contributed by atoms with Gasteiger partial charge in [0.1, 0.15) is 0 Å². The van der Waals surface area contributed by atoms with Crippen LogP contribution in [0.1, 0.15) is 19.4 Å². The molecule has 0 aliphatic heterocycles. The summed E-state index contributed by atoms with van der Waals surface area (Å²) >= 11 is 0. The third kappa shape index (κ3) is 2.64. The minimum absolute atomic E-state index is 0.199. The van der Waals surface area contributed by atoms with Crippen LogP contribution in [-0.2, 0) is 14.8 Å². The number of carbonyl (C=O) groups is 1. The summed E-state index contributed by atoms with van der Waals surface area (Å²) in [4.78, 5) is 10.9. The Labute approximate surface area is 107 Å². The molecule has 0 bridgehead atoms. The van der Waals surface area contributed by atoms with Gasteiger partial charge in [-0.25, -0.2) is 8.42 Å². The van der Waals surface area contributed by atoms with Crippen LogP contribution in [0.25, 0.3) is 0 Å². The van der Waals surface area contributed by atoms with Crippen LogP contribution in [0.5, 0.6) is 0 Å². The molecule has 0 aliphatic carbocycles. The molecule has 1 aromatic carbocycles. The molecule has 1 N–H and O–H groups in total. The maximum absolute atomic E-state index is 12.2. The van der Waals surface area contributed by atoms with Gasteiger partial charge < -0.3 is 5.11 Å². The van der Waals surface area contributed by atoms with Gasteiger partial charge in [0.25, 0.3) is 0 Å². The number of benzene rings is 1. The van der Waals surface area contributed by atoms with Crippen molar-refractivity contribution in [2.45, 2.75) is 26.0 Å². The van der Waals surface area contributed by atoms with Gasteiger partial charge in [-0.2, -0.15) is 0 Å². The minimum atomic E-state index is -3.89. The third-order valence-electron chi connectivity index (χ3n) is 2.77. The molecule has 0 aliphatic rings. The number of hydrogen-bond acceptors (Lipinski definition) is 3. The Kier molecular flexibility index (Phi) is 4.34. The van der Waals surface area contributed by atoms with Crippen molar-refractivity contribution in [3.63, 3.8) is 0 Å². The van der Waals surface area contributed by atoms with Crippen LogP contribution >= 0.6 is 0 Å². The van der Waals surface area contributed by atoms with Crippen molar-refractivity contribution in [1.29, 1.82) is 0 Å². The molecule has 0 fully saturated rings. The van der Waals surface area contributed by atoms with E-state index in [9.17, 15) is 13.2 Å². The maximum Gasteiger partial charge on any atom is 0.323 e. The number of aliphatic carboxylic acids is 1. The molecular weight excluding hydrogens is 254 g/mol. The summed E-state index contributed by atoms with van der Waals surface area (Å²) < 4.78 is 25.5. The third-order valence-corrected chi connectivity index (χ3v) is 4.94. The lowest BCUT2D eigenvalue weighted by atomic mass is 10.2. The second-order valence-electron chi connectivity index (χ2n) is 3.98. The predicted molar refractivity (Wildman–Crippen MR) is 70.2 cm³/mol. The van der Waals surface area contributed by atoms with E-state index in [4.69, 9.17) is 5.11 Å². The van der Waals surface area contributed by atoms with Gasteiger partial charge in [0, 0.05) is 6.54 Å². The summed E-state index contributed by atoms with van der Waals surface area (Å²) in [6.07, 6.45) is 0. The van der Waals surface area contributed by atoms with Crippen LogP contribution in [0.4, 0.5) is 5.69 Å². The first kappa shape index (κ1) is 14.5. The number of rotatable bonds is 5. The summed E-state index contributed by atoms with van der Waals surface area (Å²) in [5.74, 6) is -1.35. The highest BCUT2D eigenvalue weighted by Gasteiger charge is 2.33. The molecular formula is C12H17NO4S. The molecule has 0 radical (unpaired) electrons. The highest BCUT2D eigenvalue weighted by molar-refractivity contribution is 7.94. The highest BCUT2D eigenvalue weighted by Crippen LogP contribution is 2.24. The lowest BCUT2D eigenvalue weighted by Gasteiger charge is -2.26. The van der Waals surface area contributed by atoms with E-state index in [2.05, 4.69) is 0 Å². The van der Waals surface area contributed by atoms with Crippen LogP contribution in [0.3, 0.4) is 0 Å². The van der Waals surface area contributed by atoms with Crippen molar-refractivity contribution in [3.8, 4) is 0 Å². The zero-order chi connectivity index (χ0) is 13.9. The van der Waals surface area contributed by atoms with Gasteiger partial charge in [-0.15, -0.1) is 0 Å². The smallest absolute Gasteiger partial charge is 0.323 e. The number of aryl methyl sites for hydroxylation is 1. The molecule has 0 aromatic heterocycles. The van der Waals surface area contributed by atoms with Crippen LogP contribution < -0.4 is 4.31 Å². The van der Waals surface area contributed by atoms with Crippen LogP contribution in [0.2, 0.25) is 0 Å². The Morgan fingerprint density at radius 2 is 1.94 bits per heavy atom. The second-order valence-corrected chi connectivity index (χ2v) is 6.15. The summed E-state index contributed by atoms with van der Waals surface area (Å²) in [5, 5.41) is 7.41. The fourth-order valence-electron chi connectivity index (χ4n) is 1.65. The van der Waals surface area contributed by atoms with Gasteiger partial charge >= 0.3 is 5.97 Å². The Morgan fingerprint density at radius 1 is 1.39 bits per heavy atom. The van der Waals surface area contributed by atoms with Crippen molar-refractivity contribution >= 4 is 21.7 Å². The number of sulfonamides is 1. The second kappa shape index (κ2) is 5.39. The normalized spacial score (nSPS) is 13.1. The van der Waals surface area contributed by atoms with Crippen molar-refractivity contribution in [3.05, 3.63) is 29.8 Å². The van der Waals surface area contributed by atoms with E-state index in [-0.39, 0.29) is 6.54 Å². The van der Waals surface area contributed by atoms with Crippen molar-refractivity contribution < 1.29 is 18.3 Å². The number of anilines is 1. The number of para-hydroxylation sites is 1. The van der Waals surface area contributed by atoms with E-state index >= 15 is 0 Å². The SMILES string of the molecule is CCN(c1ccccc1C)S(=O)(=O)C(C)C(=O)O. The van der Waals surface area contributed by atoms with E-state index in [0.29, 0.717) is 5.69 Å². The molecule has 100 valence electrons. The fourth-order valence-corrected chi connectivity index (χ4v) is 3.12. The number of carboxylic acids is 1. The Hall–Kier alpha value is -1.56. The minimum Gasteiger partial charge on any atom is -0.480 e. The van der Waals surface area contributed by atoms with Gasteiger partial charge in [0.2, 0.25) is 10.0 Å². The summed E-state index contributed by atoms with van der Waals surface area (Å²) in [6.45, 7) is 4.85. The molecule has 18 heavy (non-hydrogen) atoms. The first-order valence-electron chi connectivity index (χ1n) is 5.62. The Bertz CT molecular complexity index is 539. The first-order valence-corrected chi connectivity index (χ1v) is 7.12. The number of hydrogen-bond donors (Lipinski definition) is 1. The lowest BCUT2D eigenvalue weighted by molar-refractivity contribution is -0.136. The van der Waals surface area contributed by atoms with E-state index in [1.54, 1.807) is 38.1 Å². The van der Waals surface area contributed by atoms with Crippen LogP contribution in [0.15, 0.2) is 24.3 Å². The van der Waals surface area contributed by atoms with Crippen molar-refractivity contribution in [2.75, 3.05) is 10.8 Å². The quantitative estimate of drug-likeness (QED) is 0.883. The number of nitrogens with zero attached hydrogens (tertiary/aromatic N) is 1. The average Bonchev–Trinajstić information content (AvgIpc) is 2.31. The summed E-state index contributed by atoms with van der Waals surface area (Å²) in [5.41, 5.74) is 1.31. The van der Waals surface area contributed by atoms with Gasteiger partial charge in [-0.1, -0.05) is 18.2 Å². The zero-order valence-corrected chi connectivity index (χ0v) is 11.4. The van der Waals surface area contributed by atoms with Crippen LogP contribution in [-0.4, -0.2) is 31.3 Å². The van der Waals surface area contributed by atoms with E-state index in [1.165, 1.54) is 6.92 Å². The van der Waals surface area contributed by atoms with Gasteiger partial charge in [-0.05, 0) is 32.4 Å². The molecule has 0 saturated heterocycles. The zero-order valence-electron chi connectivity index (χ0n) is 10.6. The molecule has 0 spiro atoms. The van der Waals surface area contributed by atoms with Gasteiger partial charge in [0.15, 0.2) is 5.25 Å². The predicted octanol–water partition coefficient (Wildman–Crippen LogP) is 1.62. The topological polar surface area (TPSA) is 74.7 Å². The summed E-state index contributed by atoms with van der Waals surface area (Å²) in [6, 6.07) is 7.00. The molecule has 0 amide bonds. The summed E-state index contributed by atoms with van der Waals surface area (Å²) in [7, 11) is -3.89. The average molecular weight is 271 g/mol. The first-order chi connectivity index (χ1) is 8.32. The molecule has 5 nitrogen and oxygen atoms in total. The maximum atomic E-state index is 12.2. The monoisotopic (exact) mass is 271 g/mol. The van der Waals surface area contributed by atoms with E-state index in [1.807, 2.05) is 0 Å². The Balaban J connectivity index is 3.28. The van der Waals surface area contributed by atoms with E-state index in [0.717, 1.165) is 9.87 Å². The molecule has 6 heteroatoms. The van der Waals surface area contributed by atoms with Gasteiger partial charge in [0.05, 0.1) is 5.69 Å². The molecule has 1 atom stereocenters. The van der Waals surface area contributed by atoms with Crippen LogP contribution in [0, 0.1) is 6.92 Å². The van der Waals surface area contributed by atoms with Gasteiger partial charge in [-0.3, -0.25) is 9.10 Å².